The molecule has 2 heterocycles. The third kappa shape index (κ3) is 10.2. The Morgan fingerprint density at radius 2 is 1.35 bits per heavy atom. The monoisotopic (exact) mass is 865 g/mol. The van der Waals surface area contributed by atoms with Crippen molar-refractivity contribution in [1.29, 1.82) is 0 Å². The quantitative estimate of drug-likeness (QED) is 0.0860. The smallest absolute Gasteiger partial charge is 0.256 e. The molecule has 0 spiro atoms. The molecule has 5 unspecified atom stereocenters. The van der Waals surface area contributed by atoms with Crippen LogP contribution in [0.1, 0.15) is 47.1 Å². The SMILES string of the molecule is Cc1ccc(S(=O)(=O)NC(Cc2ccccc2)C(=O)Nc2ccc(C3OC(CSc4nc(-c5ccccc5)c(-c5ccccc5)o4)C(C)C(c4ccc(CO)cc4)O3)cc2)cc1. The number of carbonyl (C=O) groups excluding carboxylic acids is 1. The number of hydrogen-bond donors (Lipinski definition) is 3. The topological polar surface area (TPSA) is 140 Å². The molecular formula is C50H47N3O7S2. The fourth-order valence-corrected chi connectivity index (χ4v) is 9.55. The fraction of sp³-hybridized carbons (Fsp3) is 0.200. The van der Waals surface area contributed by atoms with Crippen LogP contribution in [-0.2, 0) is 37.3 Å². The fourth-order valence-electron chi connectivity index (χ4n) is 7.37. The molecule has 3 N–H and O–H groups in total. The van der Waals surface area contributed by atoms with Crippen molar-refractivity contribution in [2.45, 2.75) is 61.5 Å². The number of thioether (sulfide) groups is 1. The normalized spacial score (nSPS) is 18.2. The van der Waals surface area contributed by atoms with E-state index in [0.29, 0.717) is 22.4 Å². The van der Waals surface area contributed by atoms with Gasteiger partial charge in [0.05, 0.1) is 23.7 Å². The van der Waals surface area contributed by atoms with Gasteiger partial charge in [0.15, 0.2) is 12.1 Å². The molecule has 0 aliphatic carbocycles. The molecule has 1 fully saturated rings. The summed E-state index contributed by atoms with van der Waals surface area (Å²) in [6.45, 7) is 3.92. The Hall–Kier alpha value is -5.86. The number of rotatable bonds is 15. The van der Waals surface area contributed by atoms with Crippen LogP contribution in [0.25, 0.3) is 22.6 Å². The predicted octanol–water partition coefficient (Wildman–Crippen LogP) is 9.92. The van der Waals surface area contributed by atoms with E-state index < -0.39 is 28.3 Å². The molecular weight excluding hydrogens is 819 g/mol. The lowest BCUT2D eigenvalue weighted by molar-refractivity contribution is -0.268. The summed E-state index contributed by atoms with van der Waals surface area (Å²) in [7, 11) is -4.01. The number of aromatic nitrogens is 1. The zero-order valence-electron chi connectivity index (χ0n) is 34.3. The lowest BCUT2D eigenvalue weighted by atomic mass is 9.91. The summed E-state index contributed by atoms with van der Waals surface area (Å²) >= 11 is 1.48. The van der Waals surface area contributed by atoms with Crippen LogP contribution >= 0.6 is 11.8 Å². The number of aliphatic hydroxyl groups is 1. The van der Waals surface area contributed by atoms with Crippen molar-refractivity contribution in [2.24, 2.45) is 5.92 Å². The number of aryl methyl sites for hydroxylation is 1. The Kier molecular flexibility index (Phi) is 13.4. The average molecular weight is 866 g/mol. The number of aliphatic hydroxyl groups excluding tert-OH is 1. The van der Waals surface area contributed by atoms with Gasteiger partial charge in [-0.15, -0.1) is 0 Å². The second-order valence-corrected chi connectivity index (χ2v) is 18.0. The van der Waals surface area contributed by atoms with E-state index in [1.807, 2.05) is 134 Å². The maximum atomic E-state index is 13.8. The maximum absolute atomic E-state index is 13.8. The van der Waals surface area contributed by atoms with Gasteiger partial charge in [0.1, 0.15) is 11.7 Å². The van der Waals surface area contributed by atoms with Gasteiger partial charge in [-0.3, -0.25) is 4.79 Å². The summed E-state index contributed by atoms with van der Waals surface area (Å²) in [4.78, 5) is 18.9. The van der Waals surface area contributed by atoms with Crippen molar-refractivity contribution in [3.05, 3.63) is 192 Å². The molecule has 1 aliphatic heterocycles. The zero-order valence-corrected chi connectivity index (χ0v) is 35.9. The van der Waals surface area contributed by atoms with Crippen molar-refractivity contribution < 1.29 is 32.2 Å². The van der Waals surface area contributed by atoms with Gasteiger partial charge >= 0.3 is 0 Å². The number of nitrogens with zero attached hydrogens (tertiary/aromatic N) is 1. The van der Waals surface area contributed by atoms with Gasteiger partial charge in [-0.2, -0.15) is 4.72 Å². The third-order valence-corrected chi connectivity index (χ3v) is 13.3. The first kappa shape index (κ1) is 42.8. The first-order valence-corrected chi connectivity index (χ1v) is 22.9. The lowest BCUT2D eigenvalue weighted by Crippen LogP contribution is -2.45. The largest absolute Gasteiger partial charge is 0.431 e. The van der Waals surface area contributed by atoms with E-state index in [0.717, 1.165) is 44.6 Å². The summed E-state index contributed by atoms with van der Waals surface area (Å²) in [5.74, 6) is 0.629. The number of nitrogens with one attached hydrogen (secondary N) is 2. The van der Waals surface area contributed by atoms with E-state index in [1.54, 1.807) is 24.3 Å². The van der Waals surface area contributed by atoms with Crippen LogP contribution in [0.3, 0.4) is 0 Å². The highest BCUT2D eigenvalue weighted by Gasteiger charge is 2.39. The van der Waals surface area contributed by atoms with Gasteiger partial charge in [0, 0.05) is 34.0 Å². The Labute approximate surface area is 366 Å². The van der Waals surface area contributed by atoms with Crippen LogP contribution in [0.15, 0.2) is 178 Å². The zero-order chi connectivity index (χ0) is 43.1. The number of carbonyl (C=O) groups is 1. The number of amides is 1. The molecule has 6 aromatic carbocycles. The van der Waals surface area contributed by atoms with E-state index in [2.05, 4.69) is 17.0 Å². The molecule has 7 aromatic rings. The second-order valence-electron chi connectivity index (χ2n) is 15.3. The van der Waals surface area contributed by atoms with E-state index in [1.165, 1.54) is 23.9 Å². The van der Waals surface area contributed by atoms with Gasteiger partial charge in [-0.05, 0) is 54.3 Å². The van der Waals surface area contributed by atoms with Gasteiger partial charge < -0.3 is 24.3 Å². The molecule has 12 heteroatoms. The van der Waals surface area contributed by atoms with Gasteiger partial charge in [-0.25, -0.2) is 13.4 Å². The molecule has 1 aliphatic rings. The van der Waals surface area contributed by atoms with Crippen LogP contribution in [-0.4, -0.2) is 42.3 Å². The van der Waals surface area contributed by atoms with Crippen molar-refractivity contribution in [3.63, 3.8) is 0 Å². The van der Waals surface area contributed by atoms with E-state index in [-0.39, 0.29) is 36.0 Å². The minimum atomic E-state index is -4.01. The van der Waals surface area contributed by atoms with Gasteiger partial charge in [0.25, 0.3) is 5.22 Å². The Bertz CT molecular complexity index is 2610. The summed E-state index contributed by atoms with van der Waals surface area (Å²) in [5.41, 5.74) is 7.35. The summed E-state index contributed by atoms with van der Waals surface area (Å²) < 4.78 is 49.4. The summed E-state index contributed by atoms with van der Waals surface area (Å²) in [6, 6.07) is 49.5. The standard InChI is InChI=1S/C50H47N3O7S2/c1-33-18-28-42(29-19-33)62(56,57)53-43(30-35-12-6-3-7-13-35)48(55)51-41-26-24-40(25-27-41)49-58-44(34(2)46(59-49)39-22-20-36(31-54)21-23-39)32-61-50-52-45(37-14-8-4-9-15-37)47(60-50)38-16-10-5-11-17-38/h3-29,34,43-44,46,49,53-54H,30-32H2,1-2H3,(H,51,55). The maximum Gasteiger partial charge on any atom is 0.256 e. The molecule has 0 bridgehead atoms. The Morgan fingerprint density at radius 1 is 0.742 bits per heavy atom. The van der Waals surface area contributed by atoms with Crippen LogP contribution in [0.5, 0.6) is 0 Å². The molecule has 10 nitrogen and oxygen atoms in total. The van der Waals surface area contributed by atoms with Crippen LogP contribution in [0.4, 0.5) is 5.69 Å². The lowest BCUT2D eigenvalue weighted by Gasteiger charge is -2.41. The molecule has 8 rings (SSSR count). The summed E-state index contributed by atoms with van der Waals surface area (Å²) in [6.07, 6.45) is -1.27. The molecule has 0 saturated carbocycles. The number of oxazole rings is 1. The third-order valence-electron chi connectivity index (χ3n) is 10.9. The predicted molar refractivity (Wildman–Crippen MR) is 242 cm³/mol. The number of sulfonamides is 1. The second kappa shape index (κ2) is 19.5. The summed E-state index contributed by atoms with van der Waals surface area (Å²) in [5, 5.41) is 13.2. The van der Waals surface area contributed by atoms with Gasteiger partial charge in [-0.1, -0.05) is 164 Å². The van der Waals surface area contributed by atoms with Crippen molar-refractivity contribution in [1.82, 2.24) is 9.71 Å². The molecule has 62 heavy (non-hydrogen) atoms. The van der Waals surface area contributed by atoms with Crippen molar-refractivity contribution in [2.75, 3.05) is 11.1 Å². The van der Waals surface area contributed by atoms with Crippen molar-refractivity contribution >= 4 is 33.4 Å². The molecule has 0 radical (unpaired) electrons. The average Bonchev–Trinajstić information content (AvgIpc) is 3.74. The van der Waals surface area contributed by atoms with E-state index in [4.69, 9.17) is 18.9 Å². The van der Waals surface area contributed by atoms with Crippen molar-refractivity contribution in [3.8, 4) is 22.6 Å². The minimum Gasteiger partial charge on any atom is -0.431 e. The molecule has 1 amide bonds. The highest BCUT2D eigenvalue weighted by Crippen LogP contribution is 2.44. The number of hydrogen-bond acceptors (Lipinski definition) is 9. The highest BCUT2D eigenvalue weighted by atomic mass is 32.2. The van der Waals surface area contributed by atoms with Crippen LogP contribution in [0.2, 0.25) is 0 Å². The van der Waals surface area contributed by atoms with Crippen LogP contribution < -0.4 is 10.0 Å². The molecule has 1 aromatic heterocycles. The van der Waals surface area contributed by atoms with E-state index >= 15 is 0 Å². The first-order valence-electron chi connectivity index (χ1n) is 20.4. The highest BCUT2D eigenvalue weighted by molar-refractivity contribution is 7.99. The van der Waals surface area contributed by atoms with Gasteiger partial charge in [0.2, 0.25) is 15.9 Å². The van der Waals surface area contributed by atoms with E-state index in [9.17, 15) is 18.3 Å². The minimum absolute atomic E-state index is 0.0625. The number of benzene rings is 6. The number of ether oxygens (including phenoxy) is 2. The first-order chi connectivity index (χ1) is 30.1. The van der Waals surface area contributed by atoms with Crippen LogP contribution in [0, 0.1) is 12.8 Å². The molecule has 1 saturated heterocycles. The Balaban J connectivity index is 1.02. The number of anilines is 1. The Morgan fingerprint density at radius 3 is 2.00 bits per heavy atom. The molecule has 5 atom stereocenters. The molecule has 316 valence electrons.